The Morgan fingerprint density at radius 3 is 1.91 bits per heavy atom. The smallest absolute Gasteiger partial charge is 0.159 e. The first-order chi connectivity index (χ1) is 47.9. The Labute approximate surface area is 572 Å². The van der Waals surface area contributed by atoms with Gasteiger partial charge in [0.1, 0.15) is 11.2 Å². The molecule has 2 aliphatic carbocycles. The number of allylic oxidation sites excluding steroid dienone is 6. The number of fused-ring (bicyclic) bond motifs is 6. The molecular formula is C93H86N2O2. The van der Waals surface area contributed by atoms with E-state index in [1.165, 1.54) is 140 Å². The van der Waals surface area contributed by atoms with E-state index in [1.54, 1.807) is 0 Å². The normalized spacial score (nSPS) is 14.3. The van der Waals surface area contributed by atoms with E-state index in [0.717, 1.165) is 91.6 Å². The second kappa shape index (κ2) is 28.5. The molecule has 2 aliphatic rings. The molecule has 0 saturated heterocycles. The summed E-state index contributed by atoms with van der Waals surface area (Å²) < 4.78 is 14.4. The van der Waals surface area contributed by atoms with Gasteiger partial charge in [-0.15, -0.1) is 0 Å². The topological polar surface area (TPSA) is 41.6 Å². The Morgan fingerprint density at radius 1 is 0.495 bits per heavy atom. The molecule has 2 aromatic heterocycles. The SMILES string of the molecule is C/C=c1/ccc2c(N(c3ccc(-c4ccccc4)cc3-c3ccccc3)c3cccc4c3oc3c(C(C)CCCCCC)cccc34)ccc3ccc([C@H](C)Nc4cccc5c4oc4c(C6CCCCC6)cccc45)c1c32.C1=CCC=CC(Cc2cccc(-c3ccccc3)c2)=C1. The van der Waals surface area contributed by atoms with Crippen LogP contribution in [0, 0.1) is 0 Å². The van der Waals surface area contributed by atoms with Crippen molar-refractivity contribution in [3.63, 3.8) is 0 Å². The number of unbranched alkanes of at least 4 members (excludes halogenated alkanes) is 3. The summed E-state index contributed by atoms with van der Waals surface area (Å²) in [6, 6.07) is 88.8. The number of nitrogens with zero attached hydrogens (tertiary/aromatic N) is 1. The van der Waals surface area contributed by atoms with Crippen molar-refractivity contribution in [3.05, 3.63) is 306 Å². The molecule has 1 N–H and O–H groups in total. The molecule has 1 fully saturated rings. The molecule has 0 amide bonds. The fraction of sp³-hybridized carbons (Fsp3) is 0.204. The fourth-order valence-corrected chi connectivity index (χ4v) is 15.7. The zero-order chi connectivity index (χ0) is 65.6. The number of furan rings is 2. The standard InChI is InChI=1S/C73H68N2O2.C20H18/c1-5-7-8-12-23-47(3)55-30-19-32-59-61-35-22-37-67(73(61)77-70(55)59)75(66-45-41-54(50-24-13-9-14-25-50)46-63(66)52-28-17-11-18-29-52)65-44-40-53-39-42-56(68-49(6-2)38-43-62(65)69(53)68)48(4)74-64-36-21-34-60-58-33-20-31-57(71(58)76-72(60)64)51-26-15-10-16-27-51;1-2-5-10-17(9-4-1)15-18-11-8-14-20(16-18)19-12-6-3-7-13-19/h6,9,11,13-14,17-22,24-25,28-48,51,74H,5,7-8,10,12,15-16,23,26-27H2,1-4H3;1,3-14,16H,2,15H2/b49-6-;/t47?,48-;/m0./s1. The van der Waals surface area contributed by atoms with Crippen LogP contribution in [-0.4, -0.2) is 0 Å². The van der Waals surface area contributed by atoms with Crippen molar-refractivity contribution in [2.24, 2.45) is 0 Å². The van der Waals surface area contributed by atoms with Crippen molar-refractivity contribution >= 4 is 94.2 Å². The van der Waals surface area contributed by atoms with Crippen LogP contribution in [0.25, 0.3) is 105 Å². The van der Waals surface area contributed by atoms with E-state index in [2.05, 4.69) is 317 Å². The van der Waals surface area contributed by atoms with Gasteiger partial charge in [0, 0.05) is 38.5 Å². The number of nitrogens with one attached hydrogen (secondary N) is 1. The predicted molar refractivity (Wildman–Crippen MR) is 415 cm³/mol. The van der Waals surface area contributed by atoms with Crippen molar-refractivity contribution < 1.29 is 8.83 Å². The Morgan fingerprint density at radius 2 is 1.14 bits per heavy atom. The number of para-hydroxylation sites is 4. The molecule has 0 spiro atoms. The van der Waals surface area contributed by atoms with Crippen molar-refractivity contribution in [1.82, 2.24) is 0 Å². The lowest BCUT2D eigenvalue weighted by molar-refractivity contribution is 0.442. The molecule has 0 radical (unpaired) electrons. The maximum atomic E-state index is 7.37. The maximum absolute atomic E-state index is 7.37. The molecule has 16 rings (SSSR count). The Bertz CT molecular complexity index is 5270. The van der Waals surface area contributed by atoms with Gasteiger partial charge in [-0.1, -0.05) is 308 Å². The van der Waals surface area contributed by atoms with Gasteiger partial charge in [-0.05, 0) is 165 Å². The highest BCUT2D eigenvalue weighted by molar-refractivity contribution is 6.19. The Hall–Kier alpha value is -10.4. The third-order valence-electron chi connectivity index (χ3n) is 20.7. The van der Waals surface area contributed by atoms with Gasteiger partial charge in [0.25, 0.3) is 0 Å². The number of anilines is 4. The van der Waals surface area contributed by atoms with Crippen LogP contribution in [0.15, 0.2) is 287 Å². The summed E-state index contributed by atoms with van der Waals surface area (Å²) in [4.78, 5) is 2.50. The van der Waals surface area contributed by atoms with Crippen molar-refractivity contribution in [1.29, 1.82) is 0 Å². The molecule has 0 bridgehead atoms. The summed E-state index contributed by atoms with van der Waals surface area (Å²) in [5, 5.41) is 14.8. The first-order valence-corrected chi connectivity index (χ1v) is 35.7. The quantitative estimate of drug-likeness (QED) is 0.0870. The number of benzene rings is 12. The molecule has 2 atom stereocenters. The summed E-state index contributed by atoms with van der Waals surface area (Å²) in [6.07, 6.45) is 27.8. The fourth-order valence-electron chi connectivity index (χ4n) is 15.7. The van der Waals surface area contributed by atoms with Gasteiger partial charge in [-0.3, -0.25) is 0 Å². The number of hydrogen-bond acceptors (Lipinski definition) is 4. The van der Waals surface area contributed by atoms with Crippen molar-refractivity contribution in [2.45, 2.75) is 123 Å². The number of rotatable bonds is 18. The molecule has 1 saturated carbocycles. The van der Waals surface area contributed by atoms with Gasteiger partial charge >= 0.3 is 0 Å². The minimum Gasteiger partial charge on any atom is -0.454 e. The maximum Gasteiger partial charge on any atom is 0.159 e. The molecule has 1 unspecified atom stereocenters. The van der Waals surface area contributed by atoms with Crippen LogP contribution < -0.4 is 15.4 Å². The van der Waals surface area contributed by atoms with Gasteiger partial charge in [-0.25, -0.2) is 0 Å². The van der Waals surface area contributed by atoms with E-state index in [9.17, 15) is 0 Å². The van der Waals surface area contributed by atoms with E-state index in [0.29, 0.717) is 11.8 Å². The minimum absolute atomic E-state index is 0.0529. The Balaban J connectivity index is 0.000000329. The van der Waals surface area contributed by atoms with Crippen LogP contribution in [0.4, 0.5) is 22.7 Å². The zero-order valence-electron chi connectivity index (χ0n) is 56.5. The molecule has 4 nitrogen and oxygen atoms in total. The van der Waals surface area contributed by atoms with Crippen LogP contribution in [0.1, 0.15) is 138 Å². The first kappa shape index (κ1) is 62.7. The summed E-state index contributed by atoms with van der Waals surface area (Å²) in [7, 11) is 0. The molecule has 0 aliphatic heterocycles. The van der Waals surface area contributed by atoms with Gasteiger partial charge < -0.3 is 19.1 Å². The number of hydrogen-bond donors (Lipinski definition) is 1. The van der Waals surface area contributed by atoms with E-state index < -0.39 is 0 Å². The lowest BCUT2D eigenvalue weighted by Gasteiger charge is -2.30. The molecule has 12 aromatic carbocycles. The van der Waals surface area contributed by atoms with Crippen LogP contribution in [-0.2, 0) is 6.42 Å². The van der Waals surface area contributed by atoms with Crippen molar-refractivity contribution in [3.8, 4) is 33.4 Å². The average molecular weight is 1260 g/mol. The summed E-state index contributed by atoms with van der Waals surface area (Å²) in [5.74, 6) is 0.921. The van der Waals surface area contributed by atoms with Gasteiger partial charge in [0.2, 0.25) is 0 Å². The lowest BCUT2D eigenvalue weighted by atomic mass is 9.83. The monoisotopic (exact) mass is 1260 g/mol. The average Bonchev–Trinajstić information content (AvgIpc) is 1.72. The second-order valence-electron chi connectivity index (χ2n) is 27.0. The Kier molecular flexibility index (Phi) is 18.4. The lowest BCUT2D eigenvalue weighted by Crippen LogP contribution is -2.15. The highest BCUT2D eigenvalue weighted by atomic mass is 16.3. The molecular weight excluding hydrogens is 1180 g/mol. The second-order valence-corrected chi connectivity index (χ2v) is 27.0. The molecule has 97 heavy (non-hydrogen) atoms. The van der Waals surface area contributed by atoms with Gasteiger partial charge in [0.05, 0.1) is 22.7 Å². The third-order valence-corrected chi connectivity index (χ3v) is 20.7. The van der Waals surface area contributed by atoms with E-state index in [-0.39, 0.29) is 6.04 Å². The van der Waals surface area contributed by atoms with Crippen molar-refractivity contribution in [2.75, 3.05) is 10.2 Å². The van der Waals surface area contributed by atoms with Crippen LogP contribution in [0.3, 0.4) is 0 Å². The molecule has 14 aromatic rings. The van der Waals surface area contributed by atoms with E-state index >= 15 is 0 Å². The first-order valence-electron chi connectivity index (χ1n) is 35.7. The van der Waals surface area contributed by atoms with Crippen LogP contribution in [0.2, 0.25) is 0 Å². The largest absolute Gasteiger partial charge is 0.454 e. The minimum atomic E-state index is -0.0529. The molecule has 2 heterocycles. The summed E-state index contributed by atoms with van der Waals surface area (Å²) in [6.45, 7) is 9.14. The summed E-state index contributed by atoms with van der Waals surface area (Å²) in [5.41, 5.74) is 21.9. The highest BCUT2D eigenvalue weighted by Crippen LogP contribution is 2.51. The third kappa shape index (κ3) is 12.7. The highest BCUT2D eigenvalue weighted by Gasteiger charge is 2.28. The predicted octanol–water partition coefficient (Wildman–Crippen LogP) is 26.7. The molecule has 4 heteroatoms. The summed E-state index contributed by atoms with van der Waals surface area (Å²) >= 11 is 0. The van der Waals surface area contributed by atoms with Gasteiger partial charge in [0.15, 0.2) is 11.2 Å². The van der Waals surface area contributed by atoms with E-state index in [1.807, 2.05) is 0 Å². The van der Waals surface area contributed by atoms with Crippen LogP contribution in [0.5, 0.6) is 0 Å². The van der Waals surface area contributed by atoms with E-state index in [4.69, 9.17) is 8.83 Å². The van der Waals surface area contributed by atoms with Crippen LogP contribution >= 0.6 is 0 Å². The molecule has 480 valence electrons. The van der Waals surface area contributed by atoms with Gasteiger partial charge in [-0.2, -0.15) is 0 Å². The zero-order valence-corrected chi connectivity index (χ0v) is 56.5.